The summed E-state index contributed by atoms with van der Waals surface area (Å²) in [6.07, 6.45) is -3.22. The first kappa shape index (κ1) is 31.0. The zero-order valence-corrected chi connectivity index (χ0v) is 23.1. The number of rotatable bonds is 6. The van der Waals surface area contributed by atoms with Crippen molar-refractivity contribution >= 4 is 33.1 Å². The van der Waals surface area contributed by atoms with E-state index in [9.17, 15) is 13.2 Å². The number of aryl methyl sites for hydroxylation is 1. The molecule has 36 heavy (non-hydrogen) atoms. The van der Waals surface area contributed by atoms with Crippen molar-refractivity contribution in [3.8, 4) is 0 Å². The molecule has 0 saturated heterocycles. The highest BCUT2D eigenvalue weighted by molar-refractivity contribution is 9.10. The normalized spacial score (nSPS) is 11.0. The van der Waals surface area contributed by atoms with Crippen LogP contribution in [-0.2, 0) is 12.7 Å². The molecule has 0 bridgehead atoms. The number of benzene rings is 3. The number of nitrogens with zero attached hydrogens (tertiary/aromatic N) is 1. The van der Waals surface area contributed by atoms with Gasteiger partial charge in [-0.05, 0) is 54.8 Å². The maximum absolute atomic E-state index is 13.0. The monoisotopic (exact) mass is 564 g/mol. The molecule has 0 aromatic heterocycles. The number of para-hydroxylation sites is 1. The summed E-state index contributed by atoms with van der Waals surface area (Å²) in [5.74, 6) is 0.454. The maximum Gasteiger partial charge on any atom is 0.416 e. The molecular weight excluding hydrogens is 529 g/mol. The molecule has 0 amide bonds. The van der Waals surface area contributed by atoms with Gasteiger partial charge in [0.2, 0.25) is 0 Å². The zero-order chi connectivity index (χ0) is 27.1. The van der Waals surface area contributed by atoms with E-state index in [-0.39, 0.29) is 12.1 Å². The molecule has 8 heteroatoms. The lowest BCUT2D eigenvalue weighted by atomic mass is 10.1. The van der Waals surface area contributed by atoms with Crippen molar-refractivity contribution in [1.29, 1.82) is 0 Å². The third-order valence-electron chi connectivity index (χ3n) is 4.97. The van der Waals surface area contributed by atoms with Crippen molar-refractivity contribution < 1.29 is 13.2 Å². The van der Waals surface area contributed by atoms with Crippen LogP contribution in [0.15, 0.2) is 76.2 Å². The number of hydrogen-bond donors (Lipinski definition) is 3. The Bertz CT molecular complexity index is 1100. The van der Waals surface area contributed by atoms with E-state index in [1.54, 1.807) is 37.4 Å². The fourth-order valence-electron chi connectivity index (χ4n) is 3.18. The highest BCUT2D eigenvalue weighted by atomic mass is 79.9. The van der Waals surface area contributed by atoms with Gasteiger partial charge in [-0.25, -0.2) is 0 Å². The predicted octanol–water partition coefficient (Wildman–Crippen LogP) is 8.06. The average Bonchev–Trinajstić information content (AvgIpc) is 2.87. The van der Waals surface area contributed by atoms with E-state index >= 15 is 0 Å². The van der Waals surface area contributed by atoms with Crippen LogP contribution in [0, 0.1) is 6.92 Å². The number of aliphatic imine (C=N–C) groups is 1. The lowest BCUT2D eigenvalue weighted by molar-refractivity contribution is -0.138. The molecule has 0 heterocycles. The SMILES string of the molecule is CC.CCCNc1cc(Br)ccc1C.CN=C(NCc1ccccc1C(F)(F)F)c1ccccc1N. The molecule has 0 atom stereocenters. The van der Waals surface area contributed by atoms with Crippen molar-refractivity contribution in [1.82, 2.24) is 5.32 Å². The summed E-state index contributed by atoms with van der Waals surface area (Å²) in [7, 11) is 1.56. The number of alkyl halides is 3. The highest BCUT2D eigenvalue weighted by Gasteiger charge is 2.32. The zero-order valence-electron chi connectivity index (χ0n) is 21.5. The number of nitrogens with two attached hydrogens (primary N) is 1. The van der Waals surface area contributed by atoms with Gasteiger partial charge >= 0.3 is 6.18 Å². The van der Waals surface area contributed by atoms with Crippen LogP contribution in [0.25, 0.3) is 0 Å². The molecule has 0 aliphatic rings. The van der Waals surface area contributed by atoms with Crippen LogP contribution < -0.4 is 16.4 Å². The van der Waals surface area contributed by atoms with Crippen LogP contribution >= 0.6 is 15.9 Å². The van der Waals surface area contributed by atoms with E-state index in [0.717, 1.165) is 23.5 Å². The summed E-state index contributed by atoms with van der Waals surface area (Å²) in [6.45, 7) is 9.33. The first-order valence-electron chi connectivity index (χ1n) is 11.9. The standard InChI is InChI=1S/C16H16F3N3.C10H14BrN.C2H6/c1-21-15(12-7-3-5-9-14(12)20)22-10-11-6-2-4-8-13(11)16(17,18)19;1-3-6-12-10-7-9(11)5-4-8(10)2;1-2/h2-9H,10,20H2,1H3,(H,21,22);4-5,7,12H,3,6H2,1-2H3;1-2H3. The molecule has 4 N–H and O–H groups in total. The molecular formula is C28H36BrF3N4. The van der Waals surface area contributed by atoms with Crippen LogP contribution in [0.5, 0.6) is 0 Å². The van der Waals surface area contributed by atoms with Crippen LogP contribution in [0.3, 0.4) is 0 Å². The van der Waals surface area contributed by atoms with Gasteiger partial charge in [-0.1, -0.05) is 73.1 Å². The Labute approximate surface area is 221 Å². The molecule has 3 aromatic carbocycles. The summed E-state index contributed by atoms with van der Waals surface area (Å²) in [5.41, 5.74) is 9.07. The van der Waals surface area contributed by atoms with Gasteiger partial charge in [-0.15, -0.1) is 0 Å². The number of anilines is 2. The molecule has 4 nitrogen and oxygen atoms in total. The van der Waals surface area contributed by atoms with E-state index in [4.69, 9.17) is 5.73 Å². The molecule has 0 unspecified atom stereocenters. The number of halogens is 4. The minimum Gasteiger partial charge on any atom is -0.398 e. The smallest absolute Gasteiger partial charge is 0.398 e. The van der Waals surface area contributed by atoms with E-state index in [1.807, 2.05) is 13.8 Å². The van der Waals surface area contributed by atoms with Gasteiger partial charge in [0.25, 0.3) is 0 Å². The second-order valence-corrected chi connectivity index (χ2v) is 8.47. The molecule has 0 radical (unpaired) electrons. The van der Waals surface area contributed by atoms with E-state index in [1.165, 1.54) is 23.4 Å². The molecule has 0 saturated carbocycles. The maximum atomic E-state index is 13.0. The van der Waals surface area contributed by atoms with Crippen LogP contribution in [0.4, 0.5) is 24.5 Å². The quantitative estimate of drug-likeness (QED) is 0.161. The Hall–Kier alpha value is -3.00. The van der Waals surface area contributed by atoms with Gasteiger partial charge < -0.3 is 16.4 Å². The number of nitrogens with one attached hydrogen (secondary N) is 2. The summed E-state index contributed by atoms with van der Waals surface area (Å²) >= 11 is 3.45. The van der Waals surface area contributed by atoms with Crippen molar-refractivity contribution in [2.24, 2.45) is 4.99 Å². The molecule has 196 valence electrons. The Morgan fingerprint density at radius 1 is 1.00 bits per heavy atom. The topological polar surface area (TPSA) is 62.4 Å². The minimum absolute atomic E-state index is 0.0106. The molecule has 0 fully saturated rings. The second kappa shape index (κ2) is 15.9. The molecule has 0 aliphatic heterocycles. The van der Waals surface area contributed by atoms with Gasteiger partial charge in [0.1, 0.15) is 5.84 Å². The van der Waals surface area contributed by atoms with Crippen LogP contribution in [-0.4, -0.2) is 19.4 Å². The summed E-state index contributed by atoms with van der Waals surface area (Å²) < 4.78 is 40.0. The fourth-order valence-corrected chi connectivity index (χ4v) is 3.54. The molecule has 3 aromatic rings. The van der Waals surface area contributed by atoms with Gasteiger partial charge in [0.05, 0.1) is 5.56 Å². The Kier molecular flexibility index (Phi) is 13.7. The van der Waals surface area contributed by atoms with Gasteiger partial charge in [0.15, 0.2) is 0 Å². The van der Waals surface area contributed by atoms with E-state index in [0.29, 0.717) is 17.1 Å². The average molecular weight is 566 g/mol. The molecule has 3 rings (SSSR count). The highest BCUT2D eigenvalue weighted by Crippen LogP contribution is 2.31. The second-order valence-electron chi connectivity index (χ2n) is 7.55. The third kappa shape index (κ3) is 9.93. The van der Waals surface area contributed by atoms with Crippen LogP contribution in [0.2, 0.25) is 0 Å². The Balaban J connectivity index is 0.000000391. The number of nitrogen functional groups attached to an aromatic ring is 1. The molecule has 0 aliphatic carbocycles. The largest absolute Gasteiger partial charge is 0.416 e. The van der Waals surface area contributed by atoms with Crippen molar-refractivity contribution in [3.05, 3.63) is 93.5 Å². The summed E-state index contributed by atoms with van der Waals surface area (Å²) in [4.78, 5) is 4.07. The van der Waals surface area contributed by atoms with Crippen molar-refractivity contribution in [2.45, 2.75) is 46.8 Å². The summed E-state index contributed by atoms with van der Waals surface area (Å²) in [6, 6.07) is 18.8. The Morgan fingerprint density at radius 2 is 1.64 bits per heavy atom. The lowest BCUT2D eigenvalue weighted by Crippen LogP contribution is -2.26. The Morgan fingerprint density at radius 3 is 2.25 bits per heavy atom. The first-order chi connectivity index (χ1) is 17.2. The summed E-state index contributed by atoms with van der Waals surface area (Å²) in [5, 5.41) is 6.30. The third-order valence-corrected chi connectivity index (χ3v) is 5.47. The lowest BCUT2D eigenvalue weighted by Gasteiger charge is -2.15. The van der Waals surface area contributed by atoms with Gasteiger partial charge in [-0.3, -0.25) is 4.99 Å². The fraction of sp³-hybridized carbons (Fsp3) is 0.321. The van der Waals surface area contributed by atoms with Crippen molar-refractivity contribution in [3.63, 3.8) is 0 Å². The van der Waals surface area contributed by atoms with Gasteiger partial charge in [-0.2, -0.15) is 13.2 Å². The number of amidine groups is 1. The number of hydrogen-bond acceptors (Lipinski definition) is 3. The first-order valence-corrected chi connectivity index (χ1v) is 12.7. The minimum atomic E-state index is -4.38. The molecule has 0 spiro atoms. The van der Waals surface area contributed by atoms with Gasteiger partial charge in [0, 0.05) is 41.5 Å². The van der Waals surface area contributed by atoms with E-state index in [2.05, 4.69) is 63.6 Å². The van der Waals surface area contributed by atoms with Crippen LogP contribution in [0.1, 0.15) is 49.4 Å². The van der Waals surface area contributed by atoms with E-state index < -0.39 is 11.7 Å². The predicted molar refractivity (Wildman–Crippen MR) is 151 cm³/mol. The van der Waals surface area contributed by atoms with Crippen molar-refractivity contribution in [2.75, 3.05) is 24.6 Å².